The summed E-state index contributed by atoms with van der Waals surface area (Å²) >= 11 is 7.74. The molecule has 1 fully saturated rings. The van der Waals surface area contributed by atoms with E-state index in [2.05, 4.69) is 15.9 Å². The van der Waals surface area contributed by atoms with Gasteiger partial charge < -0.3 is 5.11 Å². The third-order valence-corrected chi connectivity index (χ3v) is 6.76. The minimum atomic E-state index is -3.67. The van der Waals surface area contributed by atoms with Gasteiger partial charge in [0, 0.05) is 48.7 Å². The number of halogens is 2. The first-order valence-corrected chi connectivity index (χ1v) is 15.7. The van der Waals surface area contributed by atoms with E-state index in [0.29, 0.717) is 12.5 Å². The van der Waals surface area contributed by atoms with Crippen LogP contribution in [0.5, 0.6) is 0 Å². The normalized spacial score (nSPS) is 18.5. The largest absolute Gasteiger partial charge is 0.395 e. The van der Waals surface area contributed by atoms with Gasteiger partial charge in [0.25, 0.3) is 20.2 Å². The van der Waals surface area contributed by atoms with E-state index in [1.807, 2.05) is 24.3 Å². The average Bonchev–Trinajstić information content (AvgIpc) is 2.90. The number of aliphatic hydroxyl groups is 1. The van der Waals surface area contributed by atoms with Gasteiger partial charge in [0.2, 0.25) is 0 Å². The second kappa shape index (κ2) is 13.5. The minimum absolute atomic E-state index is 0.143. The van der Waals surface area contributed by atoms with E-state index in [4.69, 9.17) is 25.8 Å². The third kappa shape index (κ3) is 11.0. The number of aliphatic hydroxyl groups excluding tert-OH is 1. The highest BCUT2D eigenvalue weighted by atomic mass is 35.5. The molecule has 2 aliphatic heterocycles. The second-order valence-corrected chi connectivity index (χ2v) is 12.7. The van der Waals surface area contributed by atoms with Crippen LogP contribution in [0.3, 0.4) is 0 Å². The van der Waals surface area contributed by atoms with Gasteiger partial charge in [0.1, 0.15) is 5.82 Å². The molecule has 0 bridgehead atoms. The standard InChI is InChI=1S/C20H22ClFN2OS.2CH4O3S/c21-15-4-5-19-14(12-15)13-18(16-2-1-3-17(22)20(16)26-19)24-8-6-23(7-9-24)10-11-25;2*1-5(2,3)4/h1-5,12,18,25H,6-11,13H2;2*1H3,(H,2,3,4). The van der Waals surface area contributed by atoms with Crippen molar-refractivity contribution in [2.24, 2.45) is 0 Å². The average molecular weight is 585 g/mol. The predicted molar refractivity (Wildman–Crippen MR) is 138 cm³/mol. The quantitative estimate of drug-likeness (QED) is 0.462. The van der Waals surface area contributed by atoms with Crippen molar-refractivity contribution < 1.29 is 35.4 Å². The zero-order valence-electron chi connectivity index (χ0n) is 19.8. The molecule has 0 aliphatic carbocycles. The van der Waals surface area contributed by atoms with Crippen LogP contribution in [0.4, 0.5) is 4.39 Å². The maximum Gasteiger partial charge on any atom is 0.261 e. The maximum absolute atomic E-state index is 14.6. The number of benzene rings is 2. The summed E-state index contributed by atoms with van der Waals surface area (Å²) in [5, 5.41) is 9.88. The van der Waals surface area contributed by atoms with E-state index in [1.54, 1.807) is 6.07 Å². The molecule has 0 aromatic heterocycles. The number of hydrogen-bond acceptors (Lipinski definition) is 8. The number of piperazine rings is 1. The molecule has 2 aromatic carbocycles. The Morgan fingerprint density at radius 3 is 2.17 bits per heavy atom. The number of hydrogen-bond donors (Lipinski definition) is 3. The van der Waals surface area contributed by atoms with E-state index in [1.165, 1.54) is 17.3 Å². The first-order valence-electron chi connectivity index (χ1n) is 10.8. The molecule has 2 heterocycles. The van der Waals surface area contributed by atoms with Crippen molar-refractivity contribution in [3.8, 4) is 0 Å². The number of nitrogens with zero attached hydrogens (tertiary/aromatic N) is 2. The van der Waals surface area contributed by atoms with Crippen molar-refractivity contribution in [3.63, 3.8) is 0 Å². The van der Waals surface area contributed by atoms with Gasteiger partial charge in [0.05, 0.1) is 24.0 Å². The lowest BCUT2D eigenvalue weighted by Crippen LogP contribution is -2.48. The Labute approximate surface area is 220 Å². The first kappa shape index (κ1) is 30.9. The zero-order chi connectivity index (χ0) is 27.1. The Morgan fingerprint density at radius 1 is 1.03 bits per heavy atom. The van der Waals surface area contributed by atoms with Gasteiger partial charge in [-0.2, -0.15) is 16.8 Å². The van der Waals surface area contributed by atoms with Crippen LogP contribution in [-0.4, -0.2) is 92.7 Å². The molecule has 202 valence electrons. The van der Waals surface area contributed by atoms with Crippen molar-refractivity contribution in [3.05, 3.63) is 58.4 Å². The molecule has 1 saturated heterocycles. The second-order valence-electron chi connectivity index (χ2n) is 8.30. The van der Waals surface area contributed by atoms with Gasteiger partial charge in [-0.25, -0.2) is 4.39 Å². The van der Waals surface area contributed by atoms with Crippen LogP contribution in [0, 0.1) is 5.82 Å². The Hall–Kier alpha value is -1.29. The van der Waals surface area contributed by atoms with Gasteiger partial charge >= 0.3 is 0 Å². The highest BCUT2D eigenvalue weighted by molar-refractivity contribution is 7.99. The molecule has 9 nitrogen and oxygen atoms in total. The predicted octanol–water partition coefficient (Wildman–Crippen LogP) is 2.85. The molecule has 0 radical (unpaired) electrons. The Bertz CT molecular complexity index is 1190. The van der Waals surface area contributed by atoms with Crippen LogP contribution >= 0.6 is 23.4 Å². The monoisotopic (exact) mass is 584 g/mol. The first-order chi connectivity index (χ1) is 16.7. The van der Waals surface area contributed by atoms with Crippen LogP contribution in [0.15, 0.2) is 46.2 Å². The Kier molecular flexibility index (Phi) is 11.6. The molecule has 1 unspecified atom stereocenters. The van der Waals surface area contributed by atoms with Gasteiger partial charge in [-0.3, -0.25) is 18.9 Å². The molecular weight excluding hydrogens is 555 g/mol. The molecular formula is C22H30ClFN2O7S3. The summed E-state index contributed by atoms with van der Waals surface area (Å²) < 4.78 is 66.4. The van der Waals surface area contributed by atoms with E-state index in [-0.39, 0.29) is 18.5 Å². The van der Waals surface area contributed by atoms with Crippen molar-refractivity contribution >= 4 is 43.6 Å². The van der Waals surface area contributed by atoms with Crippen LogP contribution in [0.25, 0.3) is 0 Å². The van der Waals surface area contributed by atoms with Crippen LogP contribution in [0.2, 0.25) is 5.02 Å². The van der Waals surface area contributed by atoms with Crippen molar-refractivity contribution in [1.82, 2.24) is 9.80 Å². The molecule has 1 atom stereocenters. The summed E-state index contributed by atoms with van der Waals surface area (Å²) in [6, 6.07) is 11.5. The van der Waals surface area contributed by atoms with Crippen LogP contribution < -0.4 is 0 Å². The summed E-state index contributed by atoms with van der Waals surface area (Å²) in [7, 11) is -7.33. The fourth-order valence-corrected chi connectivity index (χ4v) is 5.21. The van der Waals surface area contributed by atoms with Crippen molar-refractivity contribution in [2.75, 3.05) is 51.8 Å². The molecule has 2 aliphatic rings. The van der Waals surface area contributed by atoms with E-state index in [9.17, 15) is 21.2 Å². The van der Waals surface area contributed by atoms with Crippen molar-refractivity contribution in [2.45, 2.75) is 22.3 Å². The number of β-amino-alcohol motifs (C(OH)–C–C–N with tert-alkyl or cyclic N) is 1. The number of rotatable bonds is 3. The Balaban J connectivity index is 0.000000389. The minimum Gasteiger partial charge on any atom is -0.395 e. The highest BCUT2D eigenvalue weighted by Gasteiger charge is 2.31. The summed E-state index contributed by atoms with van der Waals surface area (Å²) in [5.74, 6) is -0.154. The van der Waals surface area contributed by atoms with E-state index in [0.717, 1.165) is 59.5 Å². The summed E-state index contributed by atoms with van der Waals surface area (Å²) in [4.78, 5) is 6.54. The summed E-state index contributed by atoms with van der Waals surface area (Å²) in [5.41, 5.74) is 2.25. The molecule has 0 spiro atoms. The molecule has 36 heavy (non-hydrogen) atoms. The number of fused-ring (bicyclic) bond motifs is 2. The fourth-order valence-electron chi connectivity index (χ4n) is 3.90. The molecule has 2 aromatic rings. The highest BCUT2D eigenvalue weighted by Crippen LogP contribution is 2.44. The molecule has 14 heteroatoms. The zero-order valence-corrected chi connectivity index (χ0v) is 23.0. The van der Waals surface area contributed by atoms with Crippen LogP contribution in [-0.2, 0) is 26.7 Å². The maximum atomic E-state index is 14.6. The van der Waals surface area contributed by atoms with E-state index >= 15 is 0 Å². The summed E-state index contributed by atoms with van der Waals surface area (Å²) in [6.45, 7) is 4.61. The Morgan fingerprint density at radius 2 is 1.61 bits per heavy atom. The molecule has 0 saturated carbocycles. The van der Waals surface area contributed by atoms with Gasteiger partial charge in [0.15, 0.2) is 0 Å². The lowest BCUT2D eigenvalue weighted by molar-refractivity contribution is 0.0821. The van der Waals surface area contributed by atoms with Gasteiger partial charge in [-0.1, -0.05) is 35.5 Å². The lowest BCUT2D eigenvalue weighted by atomic mass is 9.96. The van der Waals surface area contributed by atoms with Crippen molar-refractivity contribution in [1.29, 1.82) is 0 Å². The molecule has 3 N–H and O–H groups in total. The smallest absolute Gasteiger partial charge is 0.261 e. The SMILES string of the molecule is CS(=O)(=O)O.CS(=O)(=O)O.OCCN1CCN(C2Cc3cc(Cl)ccc3Sc3c(F)cccc32)CC1. The van der Waals surface area contributed by atoms with Crippen LogP contribution in [0.1, 0.15) is 17.2 Å². The fraction of sp³-hybridized carbons (Fsp3) is 0.455. The topological polar surface area (TPSA) is 135 Å². The third-order valence-electron chi connectivity index (χ3n) is 5.27. The van der Waals surface area contributed by atoms with E-state index < -0.39 is 20.2 Å². The van der Waals surface area contributed by atoms with Gasteiger partial charge in [-0.15, -0.1) is 0 Å². The molecule has 4 rings (SSSR count). The molecule has 0 amide bonds. The summed E-state index contributed by atoms with van der Waals surface area (Å²) in [6.07, 6.45) is 2.26. The van der Waals surface area contributed by atoms with Gasteiger partial charge in [-0.05, 0) is 41.8 Å². The lowest BCUT2D eigenvalue weighted by Gasteiger charge is -2.39.